The second-order valence-electron chi connectivity index (χ2n) is 6.99. The van der Waals surface area contributed by atoms with Crippen molar-refractivity contribution in [1.82, 2.24) is 9.88 Å². The van der Waals surface area contributed by atoms with Crippen LogP contribution in [0.25, 0.3) is 10.9 Å². The van der Waals surface area contributed by atoms with E-state index in [4.69, 9.17) is 4.74 Å². The molecule has 1 aliphatic rings. The molecule has 0 amide bonds. The summed E-state index contributed by atoms with van der Waals surface area (Å²) < 4.78 is 19.8. The lowest BCUT2D eigenvalue weighted by Gasteiger charge is -2.22. The first-order chi connectivity index (χ1) is 13.6. The number of hydrogen-bond acceptors (Lipinski definition) is 4. The summed E-state index contributed by atoms with van der Waals surface area (Å²) in [7, 11) is 1.40. The largest absolute Gasteiger partial charge is 0.494 e. The van der Waals surface area contributed by atoms with E-state index in [1.54, 1.807) is 24.4 Å². The SMILES string of the molecule is COc1ccc2[nH]cc(C(=O)[C@H]3CCCN3CC(=O)c3ccccc3)c2c1F. The van der Waals surface area contributed by atoms with Crippen LogP contribution >= 0.6 is 0 Å². The van der Waals surface area contributed by atoms with Gasteiger partial charge in [0.15, 0.2) is 23.1 Å². The highest BCUT2D eigenvalue weighted by atomic mass is 19.1. The molecule has 1 atom stereocenters. The molecule has 0 saturated carbocycles. The summed E-state index contributed by atoms with van der Waals surface area (Å²) in [5.74, 6) is -0.637. The third-order valence-electron chi connectivity index (χ3n) is 5.34. The van der Waals surface area contributed by atoms with Gasteiger partial charge in [-0.1, -0.05) is 30.3 Å². The van der Waals surface area contributed by atoms with E-state index in [0.29, 0.717) is 29.6 Å². The van der Waals surface area contributed by atoms with Gasteiger partial charge in [0.2, 0.25) is 0 Å². The van der Waals surface area contributed by atoms with Crippen molar-refractivity contribution in [3.63, 3.8) is 0 Å². The molecule has 5 nitrogen and oxygen atoms in total. The van der Waals surface area contributed by atoms with Crippen molar-refractivity contribution in [3.05, 3.63) is 65.6 Å². The highest BCUT2D eigenvalue weighted by molar-refractivity contribution is 6.11. The minimum Gasteiger partial charge on any atom is -0.494 e. The van der Waals surface area contributed by atoms with Gasteiger partial charge in [-0.15, -0.1) is 0 Å². The molecular weight excluding hydrogens is 359 g/mol. The maximum atomic E-state index is 14.8. The van der Waals surface area contributed by atoms with Crippen LogP contribution in [0.15, 0.2) is 48.7 Å². The molecule has 0 radical (unpaired) electrons. The van der Waals surface area contributed by atoms with Crippen LogP contribution in [-0.4, -0.2) is 47.7 Å². The van der Waals surface area contributed by atoms with Gasteiger partial charge in [0, 0.05) is 28.2 Å². The van der Waals surface area contributed by atoms with E-state index >= 15 is 0 Å². The number of benzene rings is 2. The van der Waals surface area contributed by atoms with E-state index in [9.17, 15) is 14.0 Å². The summed E-state index contributed by atoms with van der Waals surface area (Å²) in [6.45, 7) is 0.845. The highest BCUT2D eigenvalue weighted by Crippen LogP contribution is 2.31. The Morgan fingerprint density at radius 3 is 2.75 bits per heavy atom. The smallest absolute Gasteiger partial charge is 0.182 e. The molecule has 3 aromatic rings. The number of likely N-dealkylation sites (tertiary alicyclic amines) is 1. The molecule has 144 valence electrons. The number of nitrogens with zero attached hydrogens (tertiary/aromatic N) is 1. The molecule has 2 heterocycles. The Morgan fingerprint density at radius 2 is 2.00 bits per heavy atom. The van der Waals surface area contributed by atoms with Crippen molar-refractivity contribution < 1.29 is 18.7 Å². The Balaban J connectivity index is 1.61. The predicted octanol–water partition coefficient (Wildman–Crippen LogP) is 3.85. The molecule has 0 unspecified atom stereocenters. The average molecular weight is 380 g/mol. The zero-order valence-corrected chi connectivity index (χ0v) is 15.6. The fourth-order valence-corrected chi connectivity index (χ4v) is 3.91. The fourth-order valence-electron chi connectivity index (χ4n) is 3.91. The molecule has 6 heteroatoms. The Hall–Kier alpha value is -2.99. The van der Waals surface area contributed by atoms with Gasteiger partial charge >= 0.3 is 0 Å². The van der Waals surface area contributed by atoms with Gasteiger partial charge in [-0.3, -0.25) is 14.5 Å². The first-order valence-electron chi connectivity index (χ1n) is 9.30. The lowest BCUT2D eigenvalue weighted by molar-refractivity contribution is 0.0824. The molecule has 0 spiro atoms. The molecule has 4 rings (SSSR count). The van der Waals surface area contributed by atoms with Crippen molar-refractivity contribution in [1.29, 1.82) is 0 Å². The van der Waals surface area contributed by atoms with E-state index in [1.165, 1.54) is 13.2 Å². The predicted molar refractivity (Wildman–Crippen MR) is 105 cm³/mol. The number of ether oxygens (including phenoxy) is 1. The number of Topliss-reactive ketones (excluding diaryl/α,β-unsaturated/α-hetero) is 2. The van der Waals surface area contributed by atoms with Gasteiger partial charge in [-0.2, -0.15) is 0 Å². The van der Waals surface area contributed by atoms with Crippen LogP contribution in [0, 0.1) is 5.82 Å². The Labute approximate surface area is 162 Å². The first-order valence-corrected chi connectivity index (χ1v) is 9.30. The lowest BCUT2D eigenvalue weighted by Crippen LogP contribution is -2.39. The average Bonchev–Trinajstić information content (AvgIpc) is 3.36. The lowest BCUT2D eigenvalue weighted by atomic mass is 10.0. The van der Waals surface area contributed by atoms with Crippen molar-refractivity contribution in [2.45, 2.75) is 18.9 Å². The third-order valence-corrected chi connectivity index (χ3v) is 5.34. The number of hydrogen-bond donors (Lipinski definition) is 1. The van der Waals surface area contributed by atoms with Gasteiger partial charge in [0.1, 0.15) is 0 Å². The fraction of sp³-hybridized carbons (Fsp3) is 0.273. The summed E-state index contributed by atoms with van der Waals surface area (Å²) >= 11 is 0. The van der Waals surface area contributed by atoms with Crippen molar-refractivity contribution in [3.8, 4) is 5.75 Å². The number of nitrogens with one attached hydrogen (secondary N) is 1. The standard InChI is InChI=1S/C22H21FN2O3/c1-28-19-10-9-16-20(21(19)23)15(12-24-16)22(27)17-8-5-11-25(17)13-18(26)14-6-3-2-4-7-14/h2-4,6-7,9-10,12,17,24H,5,8,11,13H2,1H3/t17-/m1/s1. The summed E-state index contributed by atoms with van der Waals surface area (Å²) in [6.07, 6.45) is 3.02. The second-order valence-corrected chi connectivity index (χ2v) is 6.99. The molecular formula is C22H21FN2O3. The number of H-pyrrole nitrogens is 1. The van der Waals surface area contributed by atoms with E-state index in [-0.39, 0.29) is 29.2 Å². The Kier molecular flexibility index (Phi) is 4.96. The number of fused-ring (bicyclic) bond motifs is 1. The maximum Gasteiger partial charge on any atom is 0.182 e. The van der Waals surface area contributed by atoms with Gasteiger partial charge in [-0.25, -0.2) is 4.39 Å². The monoisotopic (exact) mass is 380 g/mol. The van der Waals surface area contributed by atoms with Crippen LogP contribution in [0.5, 0.6) is 5.75 Å². The molecule has 2 aromatic carbocycles. The third kappa shape index (κ3) is 3.20. The molecule has 1 saturated heterocycles. The Morgan fingerprint density at radius 1 is 1.21 bits per heavy atom. The summed E-state index contributed by atoms with van der Waals surface area (Å²) in [5, 5.41) is 0.241. The van der Waals surface area contributed by atoms with Crippen LogP contribution in [0.3, 0.4) is 0 Å². The van der Waals surface area contributed by atoms with Gasteiger partial charge in [0.25, 0.3) is 0 Å². The molecule has 28 heavy (non-hydrogen) atoms. The van der Waals surface area contributed by atoms with Crippen molar-refractivity contribution in [2.75, 3.05) is 20.2 Å². The summed E-state index contributed by atoms with van der Waals surface area (Å²) in [4.78, 5) is 30.7. The van der Waals surface area contributed by atoms with Gasteiger partial charge < -0.3 is 9.72 Å². The van der Waals surface area contributed by atoms with Gasteiger partial charge in [0.05, 0.1) is 19.7 Å². The minimum absolute atomic E-state index is 0.0212. The van der Waals surface area contributed by atoms with Crippen molar-refractivity contribution >= 4 is 22.5 Å². The number of rotatable bonds is 6. The number of carbonyl (C=O) groups excluding carboxylic acids is 2. The van der Waals surface area contributed by atoms with E-state index in [1.807, 2.05) is 23.1 Å². The number of methoxy groups -OCH3 is 1. The van der Waals surface area contributed by atoms with Gasteiger partial charge in [-0.05, 0) is 31.5 Å². The van der Waals surface area contributed by atoms with Crippen LogP contribution in [0.1, 0.15) is 33.6 Å². The van der Waals surface area contributed by atoms with E-state index in [2.05, 4.69) is 4.98 Å². The zero-order valence-electron chi connectivity index (χ0n) is 15.6. The molecule has 1 fully saturated rings. The van der Waals surface area contributed by atoms with Crippen LogP contribution in [0.4, 0.5) is 4.39 Å². The molecule has 1 aliphatic heterocycles. The van der Waals surface area contributed by atoms with Crippen molar-refractivity contribution in [2.24, 2.45) is 0 Å². The second kappa shape index (κ2) is 7.56. The zero-order chi connectivity index (χ0) is 19.7. The summed E-state index contributed by atoms with van der Waals surface area (Å²) in [5.41, 5.74) is 1.48. The van der Waals surface area contributed by atoms with Crippen LogP contribution in [-0.2, 0) is 0 Å². The topological polar surface area (TPSA) is 62.4 Å². The summed E-state index contributed by atoms with van der Waals surface area (Å²) in [6, 6.07) is 11.8. The highest BCUT2D eigenvalue weighted by Gasteiger charge is 2.34. The minimum atomic E-state index is -0.547. The normalized spacial score (nSPS) is 17.1. The number of halogens is 1. The number of aromatic nitrogens is 1. The first kappa shape index (κ1) is 18.4. The number of carbonyl (C=O) groups is 2. The van der Waals surface area contributed by atoms with Crippen LogP contribution < -0.4 is 4.74 Å². The molecule has 0 aliphatic carbocycles. The number of ketones is 2. The molecule has 0 bridgehead atoms. The van der Waals surface area contributed by atoms with E-state index < -0.39 is 11.9 Å². The van der Waals surface area contributed by atoms with Crippen LogP contribution in [0.2, 0.25) is 0 Å². The molecule has 1 aromatic heterocycles. The Bertz CT molecular complexity index is 1030. The molecule has 1 N–H and O–H groups in total. The maximum absolute atomic E-state index is 14.8. The van der Waals surface area contributed by atoms with E-state index in [0.717, 1.165) is 6.42 Å². The number of aromatic amines is 1. The quantitative estimate of drug-likeness (QED) is 0.660.